The van der Waals surface area contributed by atoms with E-state index in [9.17, 15) is 9.59 Å². The molecule has 1 aliphatic heterocycles. The van der Waals surface area contributed by atoms with Gasteiger partial charge in [-0.25, -0.2) is 9.98 Å². The number of aliphatic imine (C=N–C) groups is 1. The first-order chi connectivity index (χ1) is 14.0. The van der Waals surface area contributed by atoms with E-state index in [0.29, 0.717) is 22.2 Å². The van der Waals surface area contributed by atoms with Crippen LogP contribution in [-0.4, -0.2) is 34.0 Å². The zero-order chi connectivity index (χ0) is 21.0. The molecular weight excluding hydrogens is 386 g/mol. The number of aromatic amines is 1. The molecule has 1 N–H and O–H groups in total. The van der Waals surface area contributed by atoms with Gasteiger partial charge >= 0.3 is 5.97 Å². The van der Waals surface area contributed by atoms with Crippen LogP contribution in [0.3, 0.4) is 0 Å². The zero-order valence-electron chi connectivity index (χ0n) is 16.9. The number of aromatic nitrogens is 2. The predicted molar refractivity (Wildman–Crippen MR) is 116 cm³/mol. The Labute approximate surface area is 174 Å². The van der Waals surface area contributed by atoms with E-state index in [0.717, 1.165) is 23.3 Å². The Balaban J connectivity index is 2.15. The molecule has 0 aliphatic carbocycles. The average molecular weight is 412 g/mol. The van der Waals surface area contributed by atoms with Crippen molar-refractivity contribution in [1.82, 2.24) is 9.97 Å². The molecule has 3 rings (SSSR count). The van der Waals surface area contributed by atoms with Gasteiger partial charge in [0.1, 0.15) is 12.5 Å². The Morgan fingerprint density at radius 3 is 2.69 bits per heavy atom. The molecule has 152 valence electrons. The third kappa shape index (κ3) is 4.50. The Morgan fingerprint density at radius 1 is 1.31 bits per heavy atom. The molecule has 1 aromatic carbocycles. The first-order valence-corrected chi connectivity index (χ1v) is 10.6. The normalized spacial score (nSPS) is 18.0. The topological polar surface area (TPSA) is 84.4 Å². The first kappa shape index (κ1) is 21.0. The second kappa shape index (κ2) is 9.22. The van der Waals surface area contributed by atoms with Crippen LogP contribution < -0.4 is 5.56 Å². The van der Waals surface area contributed by atoms with E-state index < -0.39 is 17.8 Å². The molecule has 2 aromatic rings. The highest BCUT2D eigenvalue weighted by molar-refractivity contribution is 7.99. The van der Waals surface area contributed by atoms with Gasteiger partial charge < -0.3 is 9.72 Å². The number of carbonyl (C=O) groups excluding carboxylic acids is 1. The number of aryl methyl sites for hydroxylation is 1. The molecule has 0 fully saturated rings. The Kier molecular flexibility index (Phi) is 6.69. The Hall–Kier alpha value is -2.67. The standard InChI is InChI=1S/C22H25N3O3S/c1-5-11-28-21(27)16-14(4)23-19-18(17(16)15-9-7-13(3)8-10-15)20(26)25-22(24-19)29-12-6-2/h5,7-10,16-17H,1,6,11-12H2,2-4H3,(H,24,25,26). The minimum absolute atomic E-state index is 0.108. The molecule has 0 spiro atoms. The van der Waals surface area contributed by atoms with Crippen molar-refractivity contribution in [2.75, 3.05) is 12.4 Å². The van der Waals surface area contributed by atoms with Gasteiger partial charge in [-0.05, 0) is 25.8 Å². The summed E-state index contributed by atoms with van der Waals surface area (Å²) in [6, 6.07) is 7.81. The van der Waals surface area contributed by atoms with Crippen LogP contribution >= 0.6 is 11.8 Å². The van der Waals surface area contributed by atoms with Gasteiger partial charge in [0.05, 0.1) is 5.56 Å². The van der Waals surface area contributed by atoms with Gasteiger partial charge in [0.25, 0.3) is 5.56 Å². The van der Waals surface area contributed by atoms with Crippen molar-refractivity contribution in [2.45, 2.75) is 38.3 Å². The summed E-state index contributed by atoms with van der Waals surface area (Å²) >= 11 is 1.49. The van der Waals surface area contributed by atoms with Gasteiger partial charge in [-0.3, -0.25) is 9.59 Å². The summed E-state index contributed by atoms with van der Waals surface area (Å²) < 4.78 is 5.33. The van der Waals surface area contributed by atoms with Crippen LogP contribution in [-0.2, 0) is 9.53 Å². The van der Waals surface area contributed by atoms with Gasteiger partial charge in [0, 0.05) is 17.4 Å². The fraction of sp³-hybridized carbons (Fsp3) is 0.364. The number of rotatable bonds is 7. The predicted octanol–water partition coefficient (Wildman–Crippen LogP) is 4.16. The van der Waals surface area contributed by atoms with Gasteiger partial charge in [-0.2, -0.15) is 0 Å². The van der Waals surface area contributed by atoms with Gasteiger partial charge in [0.15, 0.2) is 11.0 Å². The SMILES string of the molecule is C=CCOC(=O)C1C(C)=Nc2nc(SCCC)[nH]c(=O)c2C1c1ccc(C)cc1. The number of hydrogen-bond acceptors (Lipinski definition) is 6. The highest BCUT2D eigenvalue weighted by Crippen LogP contribution is 2.40. The number of thioether (sulfide) groups is 1. The molecule has 29 heavy (non-hydrogen) atoms. The van der Waals surface area contributed by atoms with Crippen molar-refractivity contribution in [3.05, 3.63) is 64.0 Å². The molecule has 0 amide bonds. The fourth-order valence-electron chi connectivity index (χ4n) is 3.40. The maximum Gasteiger partial charge on any atom is 0.315 e. The third-order valence-corrected chi connectivity index (χ3v) is 5.85. The molecule has 2 heterocycles. The van der Waals surface area contributed by atoms with E-state index in [1.165, 1.54) is 17.8 Å². The van der Waals surface area contributed by atoms with Crippen molar-refractivity contribution in [3.8, 4) is 0 Å². The molecule has 0 saturated heterocycles. The number of benzene rings is 1. The number of nitrogens with one attached hydrogen (secondary N) is 1. The van der Waals surface area contributed by atoms with Gasteiger partial charge in [-0.15, -0.1) is 0 Å². The summed E-state index contributed by atoms with van der Waals surface area (Å²) in [5.41, 5.74) is 2.67. The van der Waals surface area contributed by atoms with E-state index in [-0.39, 0.29) is 12.2 Å². The first-order valence-electron chi connectivity index (χ1n) is 9.62. The van der Waals surface area contributed by atoms with Crippen molar-refractivity contribution in [3.63, 3.8) is 0 Å². The van der Waals surface area contributed by atoms with Crippen molar-refractivity contribution < 1.29 is 9.53 Å². The lowest BCUT2D eigenvalue weighted by Gasteiger charge is -2.30. The molecule has 1 aromatic heterocycles. The van der Waals surface area contributed by atoms with Crippen molar-refractivity contribution in [1.29, 1.82) is 0 Å². The molecule has 2 atom stereocenters. The van der Waals surface area contributed by atoms with E-state index in [4.69, 9.17) is 4.74 Å². The monoisotopic (exact) mass is 411 g/mol. The minimum Gasteiger partial charge on any atom is -0.461 e. The van der Waals surface area contributed by atoms with Gasteiger partial charge in [0.2, 0.25) is 0 Å². The van der Waals surface area contributed by atoms with E-state index in [1.807, 2.05) is 31.2 Å². The number of fused-ring (bicyclic) bond motifs is 1. The van der Waals surface area contributed by atoms with Crippen LogP contribution in [0.4, 0.5) is 5.82 Å². The summed E-state index contributed by atoms with van der Waals surface area (Å²) in [4.78, 5) is 37.8. The maximum absolute atomic E-state index is 13.0. The number of esters is 1. The summed E-state index contributed by atoms with van der Waals surface area (Å²) in [5.74, 6) is -0.402. The average Bonchev–Trinajstić information content (AvgIpc) is 2.70. The molecule has 0 saturated carbocycles. The number of ether oxygens (including phenoxy) is 1. The summed E-state index contributed by atoms with van der Waals surface area (Å²) in [7, 11) is 0. The fourth-order valence-corrected chi connectivity index (χ4v) is 4.11. The second-order valence-electron chi connectivity index (χ2n) is 6.99. The van der Waals surface area contributed by atoms with Crippen LogP contribution in [0.1, 0.15) is 42.9 Å². The molecule has 0 radical (unpaired) electrons. The molecular formula is C22H25N3O3S. The molecule has 6 nitrogen and oxygen atoms in total. The molecule has 1 aliphatic rings. The lowest BCUT2D eigenvalue weighted by molar-refractivity contribution is -0.145. The highest BCUT2D eigenvalue weighted by Gasteiger charge is 2.41. The highest BCUT2D eigenvalue weighted by atomic mass is 32.2. The summed E-state index contributed by atoms with van der Waals surface area (Å²) in [6.45, 7) is 9.55. The van der Waals surface area contributed by atoms with Crippen LogP contribution in [0.5, 0.6) is 0 Å². The number of nitrogens with zero attached hydrogens (tertiary/aromatic N) is 2. The lowest BCUT2D eigenvalue weighted by Crippen LogP contribution is -2.37. The largest absolute Gasteiger partial charge is 0.461 e. The quantitative estimate of drug-likeness (QED) is 0.320. The molecule has 7 heteroatoms. The Bertz CT molecular complexity index is 995. The van der Waals surface area contributed by atoms with E-state index in [2.05, 4.69) is 28.5 Å². The van der Waals surface area contributed by atoms with Crippen LogP contribution in [0, 0.1) is 12.8 Å². The zero-order valence-corrected chi connectivity index (χ0v) is 17.7. The lowest BCUT2D eigenvalue weighted by atomic mass is 9.77. The maximum atomic E-state index is 13.0. The smallest absolute Gasteiger partial charge is 0.315 e. The van der Waals surface area contributed by atoms with Crippen LogP contribution in [0.15, 0.2) is 51.9 Å². The van der Waals surface area contributed by atoms with Crippen LogP contribution in [0.25, 0.3) is 0 Å². The molecule has 0 bridgehead atoms. The van der Waals surface area contributed by atoms with Gasteiger partial charge in [-0.1, -0.05) is 61.2 Å². The molecule has 2 unspecified atom stereocenters. The van der Waals surface area contributed by atoms with Crippen molar-refractivity contribution in [2.24, 2.45) is 10.9 Å². The summed E-state index contributed by atoms with van der Waals surface area (Å²) in [5, 5.41) is 0.544. The number of hydrogen-bond donors (Lipinski definition) is 1. The van der Waals surface area contributed by atoms with E-state index >= 15 is 0 Å². The number of H-pyrrole nitrogens is 1. The van der Waals surface area contributed by atoms with Crippen molar-refractivity contribution >= 4 is 29.3 Å². The minimum atomic E-state index is -0.692. The third-order valence-electron chi connectivity index (χ3n) is 4.77. The summed E-state index contributed by atoms with van der Waals surface area (Å²) in [6.07, 6.45) is 2.49. The Morgan fingerprint density at radius 2 is 2.03 bits per heavy atom. The van der Waals surface area contributed by atoms with Crippen LogP contribution in [0.2, 0.25) is 0 Å². The van der Waals surface area contributed by atoms with E-state index in [1.54, 1.807) is 6.92 Å². The number of carbonyl (C=O) groups is 1. The second-order valence-corrected chi connectivity index (χ2v) is 8.08.